The van der Waals surface area contributed by atoms with Crippen molar-refractivity contribution in [2.75, 3.05) is 16.4 Å². The number of hydrogen-bond donors (Lipinski definition) is 0. The molecule has 5 aliphatic rings. The zero-order valence-corrected chi connectivity index (χ0v) is 25.0. The van der Waals surface area contributed by atoms with Crippen LogP contribution in [0.5, 0.6) is 0 Å². The molecule has 15 heteroatoms. The van der Waals surface area contributed by atoms with Crippen LogP contribution < -0.4 is 9.80 Å². The zero-order valence-electron chi connectivity index (χ0n) is 23.4. The number of benzene rings is 2. The number of esters is 1. The van der Waals surface area contributed by atoms with Crippen LogP contribution in [0.4, 0.5) is 22.7 Å². The number of carbonyl (C=O) groups is 5. The monoisotopic (exact) mass is 666 g/mol. The van der Waals surface area contributed by atoms with Crippen LogP contribution in [0.3, 0.4) is 0 Å². The number of imide groups is 2. The number of alkyl halides is 1. The van der Waals surface area contributed by atoms with Gasteiger partial charge in [-0.3, -0.25) is 39.4 Å². The molecule has 0 radical (unpaired) electrons. The molecule has 0 N–H and O–H groups in total. The van der Waals surface area contributed by atoms with Gasteiger partial charge in [0.05, 0.1) is 55.8 Å². The molecular weight excluding hydrogens is 644 g/mol. The summed E-state index contributed by atoms with van der Waals surface area (Å²) in [6.07, 6.45) is 0. The van der Waals surface area contributed by atoms with Crippen LogP contribution >= 0.6 is 15.9 Å². The third kappa shape index (κ3) is 3.49. The Morgan fingerprint density at radius 2 is 1.16 bits per heavy atom. The number of allylic oxidation sites excluding steroid dienone is 1. The largest absolute Gasteiger partial charge is 0.463 e. The molecule has 226 valence electrons. The molecule has 0 aromatic heterocycles. The van der Waals surface area contributed by atoms with Crippen LogP contribution in [0.25, 0.3) is 0 Å². The second-order valence-electron chi connectivity index (χ2n) is 11.3. The maximum Gasteiger partial charge on any atom is 0.334 e. The Hall–Kier alpha value is -4.79. The summed E-state index contributed by atoms with van der Waals surface area (Å²) in [4.78, 5) is 93.4. The van der Waals surface area contributed by atoms with E-state index in [4.69, 9.17) is 4.74 Å². The van der Waals surface area contributed by atoms with Crippen LogP contribution in [-0.4, -0.2) is 50.4 Å². The van der Waals surface area contributed by atoms with Crippen molar-refractivity contribution >= 4 is 68.3 Å². The molecule has 0 spiro atoms. The van der Waals surface area contributed by atoms with Crippen molar-refractivity contribution in [3.05, 3.63) is 79.9 Å². The van der Waals surface area contributed by atoms with Crippen molar-refractivity contribution in [3.8, 4) is 0 Å². The minimum atomic E-state index is -1.69. The van der Waals surface area contributed by atoms with E-state index in [1.54, 1.807) is 13.8 Å². The fraction of sp³-hybridized carbons (Fsp3) is 0.345. The smallest absolute Gasteiger partial charge is 0.334 e. The van der Waals surface area contributed by atoms with Crippen LogP contribution in [0.2, 0.25) is 0 Å². The number of carbonyl (C=O) groups excluding carboxylic acids is 5. The van der Waals surface area contributed by atoms with Gasteiger partial charge in [-0.15, -0.1) is 0 Å². The molecule has 2 aromatic rings. The first kappa shape index (κ1) is 29.3. The number of halogens is 1. The summed E-state index contributed by atoms with van der Waals surface area (Å²) in [6, 6.07) is 9.63. The van der Waals surface area contributed by atoms with Crippen molar-refractivity contribution in [3.63, 3.8) is 0 Å². The number of hydrogen-bond acceptors (Lipinski definition) is 10. The van der Waals surface area contributed by atoms with E-state index in [0.29, 0.717) is 0 Å². The zero-order chi connectivity index (χ0) is 32.0. The lowest BCUT2D eigenvalue weighted by molar-refractivity contribution is -0.385. The molecule has 3 fully saturated rings. The molecular formula is C29H23BrN4O10. The van der Waals surface area contributed by atoms with Gasteiger partial charge in [-0.2, -0.15) is 0 Å². The third-order valence-corrected chi connectivity index (χ3v) is 11.0. The lowest BCUT2D eigenvalue weighted by atomic mass is 9.43. The highest BCUT2D eigenvalue weighted by Gasteiger charge is 2.81. The topological polar surface area (TPSA) is 187 Å². The Bertz CT molecular complexity index is 1650. The van der Waals surface area contributed by atoms with Crippen LogP contribution in [-0.2, 0) is 28.7 Å². The number of anilines is 2. The molecule has 1 saturated carbocycles. The van der Waals surface area contributed by atoms with Gasteiger partial charge in [-0.05, 0) is 43.7 Å². The fourth-order valence-corrected chi connectivity index (χ4v) is 8.80. The van der Waals surface area contributed by atoms with Crippen molar-refractivity contribution in [1.82, 2.24) is 0 Å². The summed E-state index contributed by atoms with van der Waals surface area (Å²) in [7, 11) is 0. The first-order valence-corrected chi connectivity index (χ1v) is 14.3. The van der Waals surface area contributed by atoms with Crippen molar-refractivity contribution in [2.24, 2.45) is 29.1 Å². The Morgan fingerprint density at radius 3 is 1.50 bits per heavy atom. The Labute approximate surface area is 257 Å². The molecule has 2 bridgehead atoms. The number of amides is 4. The highest BCUT2D eigenvalue weighted by molar-refractivity contribution is 9.10. The Balaban J connectivity index is 1.54. The van der Waals surface area contributed by atoms with E-state index in [1.165, 1.54) is 31.2 Å². The summed E-state index contributed by atoms with van der Waals surface area (Å²) in [5, 5.41) is 22.4. The lowest BCUT2D eigenvalue weighted by Crippen LogP contribution is -2.67. The van der Waals surface area contributed by atoms with E-state index >= 15 is 0 Å². The quantitative estimate of drug-likeness (QED) is 0.145. The predicted octanol–water partition coefficient (Wildman–Crippen LogP) is 3.46. The van der Waals surface area contributed by atoms with Crippen molar-refractivity contribution < 1.29 is 38.6 Å². The molecule has 3 aliphatic carbocycles. The number of nitro groups is 2. The molecule has 2 saturated heterocycles. The normalized spacial score (nSPS) is 30.5. The highest BCUT2D eigenvalue weighted by Crippen LogP contribution is 2.72. The third-order valence-electron chi connectivity index (χ3n) is 9.42. The Kier molecular flexibility index (Phi) is 6.39. The first-order valence-electron chi connectivity index (χ1n) is 13.5. The number of nitrogens with zero attached hydrogens (tertiary/aromatic N) is 4. The SMILES string of the molecule is CCOC(=O)C1=C(C)C2(Br)[C@H]3C(=O)N(c4ccc([N+](=O)[O-])cc4)C(=O)[C@H]3C1(C)[C@H]1C(=O)N(c3ccc([N+](=O)[O-])cc3)C(=O)[C@@H]12. The molecule has 7 rings (SSSR count). The maximum atomic E-state index is 14.3. The second kappa shape index (κ2) is 9.61. The fourth-order valence-electron chi connectivity index (χ4n) is 7.69. The van der Waals surface area contributed by atoms with Gasteiger partial charge in [-0.25, -0.2) is 14.6 Å². The van der Waals surface area contributed by atoms with Gasteiger partial charge < -0.3 is 4.74 Å². The molecule has 2 aliphatic heterocycles. The van der Waals surface area contributed by atoms with Crippen LogP contribution in [0, 0.1) is 49.3 Å². The number of ether oxygens (including phenoxy) is 1. The average molecular weight is 667 g/mol. The van der Waals surface area contributed by atoms with Gasteiger partial charge in [-0.1, -0.05) is 22.9 Å². The molecule has 4 amide bonds. The van der Waals surface area contributed by atoms with E-state index in [0.717, 1.165) is 34.1 Å². The minimum absolute atomic E-state index is 0.0112. The molecule has 14 nitrogen and oxygen atoms in total. The summed E-state index contributed by atoms with van der Waals surface area (Å²) in [5.74, 6) is -8.71. The van der Waals surface area contributed by atoms with Gasteiger partial charge in [0.2, 0.25) is 23.6 Å². The average Bonchev–Trinajstić information content (AvgIpc) is 3.42. The van der Waals surface area contributed by atoms with Gasteiger partial charge in [0.15, 0.2) is 0 Å². The maximum absolute atomic E-state index is 14.3. The molecule has 44 heavy (non-hydrogen) atoms. The molecule has 6 atom stereocenters. The standard InChI is InChI=1S/C29H23BrN4O10/c1-4-44-27(39)18-13(2)29(30)21-19(23(35)31(25(21)37)14-5-9-16(10-6-14)33(40)41)28(18,3)20-22(29)26(38)32(24(20)36)15-7-11-17(12-8-15)34(42)43/h5-12,19-22H,4H2,1-3H3/t19-,20+,21-,22-,28?,29?/m1/s1. The van der Waals surface area contributed by atoms with E-state index < -0.39 is 72.9 Å². The highest BCUT2D eigenvalue weighted by atomic mass is 79.9. The van der Waals surface area contributed by atoms with E-state index in [-0.39, 0.29) is 40.5 Å². The Morgan fingerprint density at radius 1 is 0.795 bits per heavy atom. The molecule has 2 heterocycles. The van der Waals surface area contributed by atoms with Gasteiger partial charge >= 0.3 is 5.97 Å². The van der Waals surface area contributed by atoms with Gasteiger partial charge in [0.25, 0.3) is 11.4 Å². The summed E-state index contributed by atoms with van der Waals surface area (Å²) in [6.45, 7) is 4.64. The number of rotatable bonds is 6. The van der Waals surface area contributed by atoms with E-state index in [1.807, 2.05) is 0 Å². The minimum Gasteiger partial charge on any atom is -0.463 e. The molecule has 2 aromatic carbocycles. The second-order valence-corrected chi connectivity index (χ2v) is 12.6. The van der Waals surface area contributed by atoms with E-state index in [2.05, 4.69) is 15.9 Å². The first-order chi connectivity index (χ1) is 20.7. The summed E-state index contributed by atoms with van der Waals surface area (Å²) in [5.41, 5.74) is -1.79. The molecule has 2 unspecified atom stereocenters. The van der Waals surface area contributed by atoms with Crippen molar-refractivity contribution in [2.45, 2.75) is 25.1 Å². The number of non-ortho nitro benzene ring substituents is 2. The predicted molar refractivity (Wildman–Crippen MR) is 154 cm³/mol. The van der Waals surface area contributed by atoms with Gasteiger partial charge in [0.1, 0.15) is 0 Å². The summed E-state index contributed by atoms with van der Waals surface area (Å²) >= 11 is 3.65. The van der Waals surface area contributed by atoms with Crippen LogP contribution in [0.15, 0.2) is 59.7 Å². The summed E-state index contributed by atoms with van der Waals surface area (Å²) < 4.78 is 3.69. The van der Waals surface area contributed by atoms with Crippen LogP contribution in [0.1, 0.15) is 20.8 Å². The van der Waals surface area contributed by atoms with Crippen molar-refractivity contribution in [1.29, 1.82) is 0 Å². The van der Waals surface area contributed by atoms with E-state index in [9.17, 15) is 44.2 Å². The lowest BCUT2D eigenvalue weighted by Gasteiger charge is -2.59. The van der Waals surface area contributed by atoms with Gasteiger partial charge in [0, 0.05) is 35.3 Å². The number of nitro benzene ring substituents is 2.